The van der Waals surface area contributed by atoms with E-state index >= 15 is 0 Å². The van der Waals surface area contributed by atoms with Crippen LogP contribution in [0.3, 0.4) is 0 Å². The van der Waals surface area contributed by atoms with Gasteiger partial charge in [0, 0.05) is 0 Å². The summed E-state index contributed by atoms with van der Waals surface area (Å²) >= 11 is 0. The van der Waals surface area contributed by atoms with E-state index in [9.17, 15) is 13.2 Å². The topological polar surface area (TPSA) is 98.7 Å². The van der Waals surface area contributed by atoms with Gasteiger partial charge in [-0.15, -0.1) is 0 Å². The van der Waals surface area contributed by atoms with E-state index in [2.05, 4.69) is 33.0 Å². The molecule has 1 saturated heterocycles. The van der Waals surface area contributed by atoms with Crippen LogP contribution >= 0.6 is 0 Å². The van der Waals surface area contributed by atoms with Gasteiger partial charge < -0.3 is 0 Å². The molecule has 2 fully saturated rings. The first kappa shape index (κ1) is 20.9. The molecule has 28 heavy (non-hydrogen) atoms. The van der Waals surface area contributed by atoms with E-state index in [4.69, 9.17) is 5.11 Å². The van der Waals surface area contributed by atoms with E-state index in [-0.39, 0.29) is 29.3 Å². The van der Waals surface area contributed by atoms with Gasteiger partial charge in [0.05, 0.1) is 0 Å². The van der Waals surface area contributed by atoms with Crippen molar-refractivity contribution in [1.29, 1.82) is 0 Å². The van der Waals surface area contributed by atoms with Gasteiger partial charge >= 0.3 is 117 Å². The van der Waals surface area contributed by atoms with Crippen LogP contribution in [0, 0.1) is 10.8 Å². The number of amides is 1. The minimum absolute atomic E-state index is 0.0374. The van der Waals surface area contributed by atoms with Gasteiger partial charge in [0.25, 0.3) is 0 Å². The molecule has 9 heteroatoms. The fourth-order valence-corrected chi connectivity index (χ4v) is 5.74. The van der Waals surface area contributed by atoms with E-state index < -0.39 is 16.0 Å². The third-order valence-electron chi connectivity index (χ3n) is 5.60. The van der Waals surface area contributed by atoms with Crippen molar-refractivity contribution in [3.05, 3.63) is 35.4 Å². The van der Waals surface area contributed by atoms with Gasteiger partial charge in [0.1, 0.15) is 0 Å². The summed E-state index contributed by atoms with van der Waals surface area (Å²) < 4.78 is 27.4. The molecule has 152 valence electrons. The second-order valence-electron chi connectivity index (χ2n) is 9.22. The van der Waals surface area contributed by atoms with E-state index in [1.165, 1.54) is 0 Å². The van der Waals surface area contributed by atoms with Crippen molar-refractivity contribution >= 4 is 29.4 Å². The normalized spacial score (nSPS) is 26.1. The Morgan fingerprint density at radius 2 is 1.89 bits per heavy atom. The van der Waals surface area contributed by atoms with Gasteiger partial charge in [-0.3, -0.25) is 0 Å². The number of rotatable bonds is 6. The second kappa shape index (κ2) is 7.19. The number of aliphatic hydroxyl groups excluding tert-OH is 1. The molecule has 2 aliphatic rings. The molecule has 1 aliphatic heterocycles. The number of fused-ring (bicyclic) bond motifs is 2. The molecule has 1 aliphatic carbocycles. The SMILES string of the molecule is B=C(O)NS(=O)(=O)NCc1ccc(C(=O)N2CC3(C)CC2CC(C)(C)C3)cc1. The molecular weight excluding hydrogens is 377 g/mol. The summed E-state index contributed by atoms with van der Waals surface area (Å²) in [6.07, 6.45) is 3.22. The van der Waals surface area contributed by atoms with Gasteiger partial charge in [-0.2, -0.15) is 0 Å². The minimum atomic E-state index is -3.87. The Hall–Kier alpha value is -1.87. The Balaban J connectivity index is 1.66. The maximum absolute atomic E-state index is 13.1. The van der Waals surface area contributed by atoms with Gasteiger partial charge in [-0.1, -0.05) is 20.8 Å². The molecule has 1 heterocycles. The number of benzene rings is 1. The molecule has 1 amide bonds. The Morgan fingerprint density at radius 3 is 2.50 bits per heavy atom. The van der Waals surface area contributed by atoms with Crippen LogP contribution in [0.15, 0.2) is 24.3 Å². The third kappa shape index (κ3) is 4.75. The zero-order valence-electron chi connectivity index (χ0n) is 16.7. The number of nitrogens with zero attached hydrogens (tertiary/aromatic N) is 1. The summed E-state index contributed by atoms with van der Waals surface area (Å²) in [5.74, 6) is -0.613. The number of nitrogens with one attached hydrogen (secondary N) is 2. The van der Waals surface area contributed by atoms with Crippen LogP contribution < -0.4 is 9.44 Å². The van der Waals surface area contributed by atoms with Gasteiger partial charge in [0.15, 0.2) is 0 Å². The first-order valence-corrected chi connectivity index (χ1v) is 10.9. The Labute approximate surface area is 167 Å². The first-order chi connectivity index (χ1) is 12.9. The number of hydrogen-bond acceptors (Lipinski definition) is 4. The molecule has 3 N–H and O–H groups in total. The Kier molecular flexibility index (Phi) is 5.35. The molecule has 2 atom stereocenters. The van der Waals surface area contributed by atoms with Gasteiger partial charge in [-0.05, 0) is 30.1 Å². The molecule has 1 saturated carbocycles. The number of carbonyl (C=O) groups excluding carboxylic acids is 1. The van der Waals surface area contributed by atoms with Crippen molar-refractivity contribution < 1.29 is 18.3 Å². The van der Waals surface area contributed by atoms with Crippen LogP contribution in [0.4, 0.5) is 0 Å². The molecule has 0 radical (unpaired) electrons. The van der Waals surface area contributed by atoms with Crippen molar-refractivity contribution in [2.75, 3.05) is 6.54 Å². The third-order valence-corrected chi connectivity index (χ3v) is 6.62. The number of carbonyl (C=O) groups is 1. The molecule has 3 rings (SSSR count). The standard InChI is InChI=1S/C19H28BN3O4S/c1-18(2)8-15-9-19(3,11-18)12-23(15)16(24)14-6-4-13(5-7-14)10-21-28(26,27)22-17(20)25/h4-7,15,20-22,25H,8-12H2,1-3H3. The molecule has 2 unspecified atom stereocenters. The van der Waals surface area contributed by atoms with Crippen LogP contribution in [-0.4, -0.2) is 50.2 Å². The Morgan fingerprint density at radius 1 is 1.25 bits per heavy atom. The van der Waals surface area contributed by atoms with Crippen molar-refractivity contribution in [3.8, 4) is 0 Å². The van der Waals surface area contributed by atoms with Gasteiger partial charge in [0.2, 0.25) is 0 Å². The summed E-state index contributed by atoms with van der Waals surface area (Å²) in [4.78, 5) is 15.1. The summed E-state index contributed by atoms with van der Waals surface area (Å²) in [5, 5.41) is 8.93. The number of aliphatic hydroxyl groups is 1. The van der Waals surface area contributed by atoms with Crippen LogP contribution in [0.2, 0.25) is 0 Å². The van der Waals surface area contributed by atoms with Crippen LogP contribution in [0.25, 0.3) is 0 Å². The summed E-state index contributed by atoms with van der Waals surface area (Å²) in [6, 6.07) is 7.22. The van der Waals surface area contributed by atoms with E-state index in [1.54, 1.807) is 24.3 Å². The van der Waals surface area contributed by atoms with E-state index in [0.29, 0.717) is 11.1 Å². The average Bonchev–Trinajstić information content (AvgIpc) is 2.80. The number of hydrogen-bond donors (Lipinski definition) is 3. The van der Waals surface area contributed by atoms with Crippen molar-refractivity contribution in [2.45, 2.75) is 52.6 Å². The van der Waals surface area contributed by atoms with Crippen LogP contribution in [0.1, 0.15) is 56.0 Å². The van der Waals surface area contributed by atoms with Crippen molar-refractivity contribution in [1.82, 2.24) is 14.3 Å². The molecule has 0 spiro atoms. The Bertz CT molecular complexity index is 885. The molecule has 7 nitrogen and oxygen atoms in total. The van der Waals surface area contributed by atoms with Crippen molar-refractivity contribution in [2.24, 2.45) is 10.8 Å². The van der Waals surface area contributed by atoms with Crippen molar-refractivity contribution in [3.63, 3.8) is 0 Å². The molecule has 0 aromatic heterocycles. The zero-order valence-corrected chi connectivity index (χ0v) is 17.5. The summed E-state index contributed by atoms with van der Waals surface area (Å²) in [6.45, 7) is 7.66. The van der Waals surface area contributed by atoms with E-state index in [1.807, 2.05) is 9.62 Å². The van der Waals surface area contributed by atoms with E-state index in [0.717, 1.165) is 25.8 Å². The predicted molar refractivity (Wildman–Crippen MR) is 110 cm³/mol. The van der Waals surface area contributed by atoms with Crippen LogP contribution in [-0.2, 0) is 16.8 Å². The van der Waals surface area contributed by atoms with Gasteiger partial charge in [-0.25, -0.2) is 0 Å². The van der Waals surface area contributed by atoms with Crippen LogP contribution in [0.5, 0.6) is 0 Å². The number of likely N-dealkylation sites (tertiary alicyclic amines) is 1. The summed E-state index contributed by atoms with van der Waals surface area (Å²) in [5.41, 5.74) is 1.76. The average molecular weight is 405 g/mol. The zero-order chi connectivity index (χ0) is 20.7. The molecule has 1 aromatic rings. The summed E-state index contributed by atoms with van der Waals surface area (Å²) in [7, 11) is -0.787. The first-order valence-electron chi connectivity index (χ1n) is 9.43. The fraction of sp³-hybridized carbons (Fsp3) is 0.579. The molecule has 2 bridgehead atoms. The predicted octanol–water partition coefficient (Wildman–Crippen LogP) is 1.01. The molecular formula is C19H28BN3O4S. The fourth-order valence-electron chi connectivity index (χ4n) is 5.00. The second-order valence-corrected chi connectivity index (χ2v) is 10.7. The maximum atomic E-state index is 13.1. The quantitative estimate of drug-likeness (QED) is 0.616. The monoisotopic (exact) mass is 405 g/mol. The molecule has 1 aromatic carbocycles.